The first-order valence-corrected chi connectivity index (χ1v) is 6.97. The number of nitrogen functional groups attached to an aromatic ring is 1. The Morgan fingerprint density at radius 2 is 1.86 bits per heavy atom. The summed E-state index contributed by atoms with van der Waals surface area (Å²) in [5.74, 6) is 0.845. The normalized spacial score (nSPS) is 10.2. The van der Waals surface area contributed by atoms with Crippen molar-refractivity contribution in [3.05, 3.63) is 53.6 Å². The van der Waals surface area contributed by atoms with Crippen LogP contribution in [0.2, 0.25) is 0 Å². The van der Waals surface area contributed by atoms with Crippen LogP contribution in [0.15, 0.2) is 42.5 Å². The molecule has 2 aromatic carbocycles. The molecule has 0 aliphatic rings. The number of ether oxygens (including phenoxy) is 2. The summed E-state index contributed by atoms with van der Waals surface area (Å²) in [6.45, 7) is 4.15. The third-order valence-electron chi connectivity index (χ3n) is 3.06. The van der Waals surface area contributed by atoms with E-state index in [1.807, 2.05) is 24.3 Å². The lowest BCUT2D eigenvalue weighted by molar-refractivity contribution is 0.0527. The van der Waals surface area contributed by atoms with Crippen molar-refractivity contribution in [3.63, 3.8) is 0 Å². The number of carbonyl (C=O) groups excluding carboxylic acids is 1. The van der Waals surface area contributed by atoms with Gasteiger partial charge in [0.25, 0.3) is 0 Å². The number of esters is 1. The fourth-order valence-electron chi connectivity index (χ4n) is 1.95. The smallest absolute Gasteiger partial charge is 0.340 e. The molecule has 110 valence electrons. The highest BCUT2D eigenvalue weighted by atomic mass is 16.5. The molecule has 4 heteroatoms. The lowest BCUT2D eigenvalue weighted by atomic mass is 10.1. The molecule has 0 aliphatic heterocycles. The summed E-state index contributed by atoms with van der Waals surface area (Å²) in [6, 6.07) is 12.8. The Balaban J connectivity index is 2.24. The Labute approximate surface area is 124 Å². The molecule has 0 aromatic heterocycles. The first kappa shape index (κ1) is 14.9. The third kappa shape index (κ3) is 3.75. The molecule has 0 atom stereocenters. The van der Waals surface area contributed by atoms with Crippen molar-refractivity contribution in [1.82, 2.24) is 0 Å². The van der Waals surface area contributed by atoms with Gasteiger partial charge in [0.1, 0.15) is 11.5 Å². The van der Waals surface area contributed by atoms with E-state index in [-0.39, 0.29) is 0 Å². The zero-order valence-corrected chi connectivity index (χ0v) is 12.3. The van der Waals surface area contributed by atoms with Crippen molar-refractivity contribution >= 4 is 11.7 Å². The van der Waals surface area contributed by atoms with Gasteiger partial charge in [0.15, 0.2) is 0 Å². The van der Waals surface area contributed by atoms with Crippen molar-refractivity contribution in [3.8, 4) is 11.5 Å². The van der Waals surface area contributed by atoms with Gasteiger partial charge in [-0.3, -0.25) is 0 Å². The zero-order valence-electron chi connectivity index (χ0n) is 12.3. The summed E-state index contributed by atoms with van der Waals surface area (Å²) in [6.07, 6.45) is 0.938. The summed E-state index contributed by atoms with van der Waals surface area (Å²) in [5.41, 5.74) is 7.69. The molecular weight excluding hydrogens is 266 g/mol. The molecule has 0 fully saturated rings. The highest BCUT2D eigenvalue weighted by molar-refractivity contribution is 5.95. The summed E-state index contributed by atoms with van der Waals surface area (Å²) in [5, 5.41) is 0. The predicted octanol–water partition coefficient (Wildman–Crippen LogP) is 3.80. The van der Waals surface area contributed by atoms with Gasteiger partial charge >= 0.3 is 5.97 Å². The Bertz CT molecular complexity index is 638. The second kappa shape index (κ2) is 6.79. The fourth-order valence-corrected chi connectivity index (χ4v) is 1.95. The number of hydrogen-bond donors (Lipinski definition) is 1. The second-order valence-corrected chi connectivity index (χ2v) is 4.57. The van der Waals surface area contributed by atoms with Gasteiger partial charge in [0, 0.05) is 5.69 Å². The number of carbonyl (C=O) groups is 1. The number of aryl methyl sites for hydroxylation is 1. The van der Waals surface area contributed by atoms with E-state index < -0.39 is 5.97 Å². The standard InChI is InChI=1S/C17H19NO3/c1-3-12-6-5-7-13(10-12)21-14-8-9-16(18)15(11-14)17(19)20-4-2/h5-11H,3-4,18H2,1-2H3. The summed E-state index contributed by atoms with van der Waals surface area (Å²) >= 11 is 0. The van der Waals surface area contributed by atoms with Crippen molar-refractivity contribution in [2.45, 2.75) is 20.3 Å². The van der Waals surface area contributed by atoms with Gasteiger partial charge in [-0.2, -0.15) is 0 Å². The van der Waals surface area contributed by atoms with E-state index in [9.17, 15) is 4.79 Å². The van der Waals surface area contributed by atoms with Crippen molar-refractivity contribution in [1.29, 1.82) is 0 Å². The number of anilines is 1. The van der Waals surface area contributed by atoms with Crippen LogP contribution in [0.3, 0.4) is 0 Å². The quantitative estimate of drug-likeness (QED) is 0.670. The topological polar surface area (TPSA) is 61.5 Å². The maximum Gasteiger partial charge on any atom is 0.340 e. The SMILES string of the molecule is CCOC(=O)c1cc(Oc2cccc(CC)c2)ccc1N. The van der Waals surface area contributed by atoms with E-state index in [4.69, 9.17) is 15.2 Å². The molecule has 2 aromatic rings. The summed E-state index contributed by atoms with van der Waals surface area (Å²) in [4.78, 5) is 11.8. The van der Waals surface area contributed by atoms with E-state index in [1.54, 1.807) is 25.1 Å². The number of hydrogen-bond acceptors (Lipinski definition) is 4. The molecule has 0 bridgehead atoms. The largest absolute Gasteiger partial charge is 0.462 e. The van der Waals surface area contributed by atoms with Crippen molar-refractivity contribution in [2.75, 3.05) is 12.3 Å². The maximum absolute atomic E-state index is 11.8. The average molecular weight is 285 g/mol. The minimum absolute atomic E-state index is 0.307. The number of rotatable bonds is 5. The molecule has 0 unspecified atom stereocenters. The molecule has 21 heavy (non-hydrogen) atoms. The van der Waals surface area contributed by atoms with Crippen LogP contribution in [0.4, 0.5) is 5.69 Å². The minimum Gasteiger partial charge on any atom is -0.462 e. The molecule has 0 saturated carbocycles. The molecule has 2 rings (SSSR count). The van der Waals surface area contributed by atoms with Gasteiger partial charge in [0.2, 0.25) is 0 Å². The monoisotopic (exact) mass is 285 g/mol. The summed E-state index contributed by atoms with van der Waals surface area (Å²) < 4.78 is 10.8. The van der Waals surface area contributed by atoms with E-state index >= 15 is 0 Å². The fraction of sp³-hybridized carbons (Fsp3) is 0.235. The van der Waals surface area contributed by atoms with Gasteiger partial charge in [-0.25, -0.2) is 4.79 Å². The van der Waals surface area contributed by atoms with E-state index in [0.717, 1.165) is 12.2 Å². The number of nitrogens with two attached hydrogens (primary N) is 1. The molecule has 0 saturated heterocycles. The van der Waals surface area contributed by atoms with Gasteiger partial charge < -0.3 is 15.2 Å². The molecular formula is C17H19NO3. The molecule has 0 spiro atoms. The van der Waals surface area contributed by atoms with Gasteiger partial charge in [0.05, 0.1) is 12.2 Å². The number of benzene rings is 2. The van der Waals surface area contributed by atoms with Crippen LogP contribution in [0.25, 0.3) is 0 Å². The highest BCUT2D eigenvalue weighted by Gasteiger charge is 2.12. The van der Waals surface area contributed by atoms with Crippen LogP contribution in [0.5, 0.6) is 11.5 Å². The van der Waals surface area contributed by atoms with Gasteiger partial charge in [-0.15, -0.1) is 0 Å². The molecule has 0 heterocycles. The maximum atomic E-state index is 11.8. The molecule has 0 radical (unpaired) electrons. The summed E-state index contributed by atoms with van der Waals surface area (Å²) in [7, 11) is 0. The van der Waals surface area contributed by atoms with Crippen LogP contribution in [-0.4, -0.2) is 12.6 Å². The Morgan fingerprint density at radius 3 is 2.57 bits per heavy atom. The molecule has 0 aliphatic carbocycles. The van der Waals surface area contributed by atoms with Crippen molar-refractivity contribution < 1.29 is 14.3 Å². The second-order valence-electron chi connectivity index (χ2n) is 4.57. The average Bonchev–Trinajstić information content (AvgIpc) is 2.49. The molecule has 4 nitrogen and oxygen atoms in total. The Kier molecular flexibility index (Phi) is 4.82. The van der Waals surface area contributed by atoms with Crippen molar-refractivity contribution in [2.24, 2.45) is 0 Å². The van der Waals surface area contributed by atoms with Crippen LogP contribution >= 0.6 is 0 Å². The third-order valence-corrected chi connectivity index (χ3v) is 3.06. The van der Waals surface area contributed by atoms with Crippen LogP contribution < -0.4 is 10.5 Å². The van der Waals surface area contributed by atoms with E-state index in [2.05, 4.69) is 6.92 Å². The highest BCUT2D eigenvalue weighted by Crippen LogP contribution is 2.26. The minimum atomic E-state index is -0.442. The van der Waals surface area contributed by atoms with Gasteiger partial charge in [-0.1, -0.05) is 19.1 Å². The Morgan fingerprint density at radius 1 is 1.10 bits per heavy atom. The van der Waals surface area contributed by atoms with Crippen LogP contribution in [-0.2, 0) is 11.2 Å². The van der Waals surface area contributed by atoms with Crippen LogP contribution in [0, 0.1) is 0 Å². The van der Waals surface area contributed by atoms with Gasteiger partial charge in [-0.05, 0) is 49.2 Å². The molecule has 2 N–H and O–H groups in total. The van der Waals surface area contributed by atoms with E-state index in [1.165, 1.54) is 5.56 Å². The predicted molar refractivity (Wildman–Crippen MR) is 82.7 cm³/mol. The molecule has 0 amide bonds. The lowest BCUT2D eigenvalue weighted by Crippen LogP contribution is -2.08. The first-order valence-electron chi connectivity index (χ1n) is 6.97. The first-order chi connectivity index (χ1) is 10.1. The Hall–Kier alpha value is -2.49. The van der Waals surface area contributed by atoms with Crippen LogP contribution in [0.1, 0.15) is 29.8 Å². The zero-order chi connectivity index (χ0) is 15.2. The lowest BCUT2D eigenvalue weighted by Gasteiger charge is -2.10. The van der Waals surface area contributed by atoms with E-state index in [0.29, 0.717) is 23.6 Å².